The van der Waals surface area contributed by atoms with E-state index >= 15 is 0 Å². The first-order valence-corrected chi connectivity index (χ1v) is 6.05. The fraction of sp³-hybridized carbons (Fsp3) is 0.727. The number of nitrogens with one attached hydrogen (secondary N) is 1. The minimum absolute atomic E-state index is 0.269. The van der Waals surface area contributed by atoms with E-state index in [4.69, 9.17) is 4.74 Å². The summed E-state index contributed by atoms with van der Waals surface area (Å²) in [5.74, 6) is 1.34. The molecular formula is C11H19N5O2. The standard InChI is InChI=1S/C11H19N5O2/c1-7(17)8-4-5-16(6-8)10-13-9(12-2)14-11(15-10)18-3/h7-8,17H,4-6H2,1-3H3,(H,12,13,14,15). The normalized spacial score (nSPS) is 20.9. The number of hydrogen-bond acceptors (Lipinski definition) is 7. The van der Waals surface area contributed by atoms with Gasteiger partial charge in [-0.15, -0.1) is 0 Å². The van der Waals surface area contributed by atoms with Gasteiger partial charge in [0.2, 0.25) is 11.9 Å². The molecule has 2 atom stereocenters. The molecule has 7 heteroatoms. The molecule has 100 valence electrons. The predicted octanol–water partition coefficient (Wildman–Crippen LogP) is 0.129. The Morgan fingerprint density at radius 3 is 2.78 bits per heavy atom. The molecular weight excluding hydrogens is 234 g/mol. The molecule has 2 N–H and O–H groups in total. The van der Waals surface area contributed by atoms with Crippen LogP contribution in [0.15, 0.2) is 0 Å². The summed E-state index contributed by atoms with van der Waals surface area (Å²) in [6, 6.07) is 0.296. The van der Waals surface area contributed by atoms with Crippen LogP contribution < -0.4 is 15.0 Å². The molecule has 0 spiro atoms. The number of ether oxygens (including phenoxy) is 1. The van der Waals surface area contributed by atoms with Gasteiger partial charge in [-0.3, -0.25) is 0 Å². The van der Waals surface area contributed by atoms with E-state index in [1.165, 1.54) is 7.11 Å². The number of rotatable bonds is 4. The van der Waals surface area contributed by atoms with Gasteiger partial charge in [-0.1, -0.05) is 0 Å². The predicted molar refractivity (Wildman–Crippen MR) is 67.9 cm³/mol. The fourth-order valence-electron chi connectivity index (χ4n) is 2.05. The molecule has 1 aromatic heterocycles. The van der Waals surface area contributed by atoms with Crippen molar-refractivity contribution in [3.05, 3.63) is 0 Å². The lowest BCUT2D eigenvalue weighted by molar-refractivity contribution is 0.136. The lowest BCUT2D eigenvalue weighted by Crippen LogP contribution is -2.26. The average molecular weight is 253 g/mol. The van der Waals surface area contributed by atoms with Crippen molar-refractivity contribution in [2.75, 3.05) is 37.5 Å². The van der Waals surface area contributed by atoms with Crippen LogP contribution in [0.3, 0.4) is 0 Å². The molecule has 1 saturated heterocycles. The molecule has 0 amide bonds. The van der Waals surface area contributed by atoms with Gasteiger partial charge < -0.3 is 20.1 Å². The van der Waals surface area contributed by atoms with Gasteiger partial charge in [0.1, 0.15) is 0 Å². The molecule has 0 aromatic carbocycles. The van der Waals surface area contributed by atoms with E-state index in [-0.39, 0.29) is 12.0 Å². The molecule has 1 aromatic rings. The Kier molecular flexibility index (Phi) is 3.81. The van der Waals surface area contributed by atoms with Crippen LogP contribution in [0.1, 0.15) is 13.3 Å². The van der Waals surface area contributed by atoms with Crippen LogP contribution in [0.5, 0.6) is 6.01 Å². The molecule has 2 heterocycles. The number of aromatic nitrogens is 3. The summed E-state index contributed by atoms with van der Waals surface area (Å²) < 4.78 is 5.05. The van der Waals surface area contributed by atoms with Gasteiger partial charge >= 0.3 is 6.01 Å². The van der Waals surface area contributed by atoms with Crippen molar-refractivity contribution >= 4 is 11.9 Å². The van der Waals surface area contributed by atoms with Gasteiger partial charge in [-0.2, -0.15) is 15.0 Å². The second-order valence-electron chi connectivity index (χ2n) is 4.43. The highest BCUT2D eigenvalue weighted by atomic mass is 16.5. The van der Waals surface area contributed by atoms with Crippen LogP contribution in [0, 0.1) is 5.92 Å². The molecule has 0 aliphatic carbocycles. The lowest BCUT2D eigenvalue weighted by atomic mass is 10.0. The fourth-order valence-corrected chi connectivity index (χ4v) is 2.05. The van der Waals surface area contributed by atoms with E-state index in [1.807, 2.05) is 11.8 Å². The van der Waals surface area contributed by atoms with E-state index in [2.05, 4.69) is 20.3 Å². The van der Waals surface area contributed by atoms with Gasteiger partial charge in [0.25, 0.3) is 0 Å². The second kappa shape index (κ2) is 5.34. The topological polar surface area (TPSA) is 83.4 Å². The Morgan fingerprint density at radius 2 is 2.22 bits per heavy atom. The third-order valence-corrected chi connectivity index (χ3v) is 3.20. The van der Waals surface area contributed by atoms with Gasteiger partial charge in [0.05, 0.1) is 13.2 Å². The lowest BCUT2D eigenvalue weighted by Gasteiger charge is -2.18. The van der Waals surface area contributed by atoms with Crippen LogP contribution in [0.2, 0.25) is 0 Å². The molecule has 0 saturated carbocycles. The molecule has 1 aliphatic rings. The first kappa shape index (κ1) is 12.8. The minimum atomic E-state index is -0.303. The van der Waals surface area contributed by atoms with Crippen molar-refractivity contribution in [2.45, 2.75) is 19.4 Å². The van der Waals surface area contributed by atoms with Crippen molar-refractivity contribution in [1.29, 1.82) is 0 Å². The SMILES string of the molecule is CNc1nc(OC)nc(N2CCC(C(C)O)C2)n1. The molecule has 1 aliphatic heterocycles. The van der Waals surface area contributed by atoms with Crippen molar-refractivity contribution < 1.29 is 9.84 Å². The summed E-state index contributed by atoms with van der Waals surface area (Å²) in [5.41, 5.74) is 0. The number of hydrogen-bond donors (Lipinski definition) is 2. The Labute approximate surface area is 106 Å². The number of nitrogens with zero attached hydrogens (tertiary/aromatic N) is 4. The molecule has 1 fully saturated rings. The molecule has 18 heavy (non-hydrogen) atoms. The highest BCUT2D eigenvalue weighted by Crippen LogP contribution is 2.24. The number of methoxy groups -OCH3 is 1. The Hall–Kier alpha value is -1.63. The van der Waals surface area contributed by atoms with Gasteiger partial charge in [-0.25, -0.2) is 0 Å². The van der Waals surface area contributed by atoms with Crippen molar-refractivity contribution in [3.8, 4) is 6.01 Å². The maximum Gasteiger partial charge on any atom is 0.322 e. The maximum atomic E-state index is 9.60. The zero-order chi connectivity index (χ0) is 13.1. The quantitative estimate of drug-likeness (QED) is 0.789. The van der Waals surface area contributed by atoms with E-state index in [0.717, 1.165) is 19.5 Å². The molecule has 2 rings (SSSR count). The van der Waals surface area contributed by atoms with E-state index in [0.29, 0.717) is 17.9 Å². The zero-order valence-corrected chi connectivity index (χ0v) is 10.9. The summed E-state index contributed by atoms with van der Waals surface area (Å²) in [7, 11) is 3.28. The van der Waals surface area contributed by atoms with Crippen LogP contribution in [-0.2, 0) is 0 Å². The Balaban J connectivity index is 2.18. The molecule has 7 nitrogen and oxygen atoms in total. The van der Waals surface area contributed by atoms with Crippen molar-refractivity contribution in [3.63, 3.8) is 0 Å². The van der Waals surface area contributed by atoms with Crippen molar-refractivity contribution in [2.24, 2.45) is 5.92 Å². The highest BCUT2D eigenvalue weighted by Gasteiger charge is 2.28. The average Bonchev–Trinajstić information content (AvgIpc) is 2.87. The molecule has 0 radical (unpaired) electrons. The Bertz CT molecular complexity index is 390. The first-order valence-electron chi connectivity index (χ1n) is 6.05. The smallest absolute Gasteiger partial charge is 0.322 e. The first-order chi connectivity index (χ1) is 8.63. The summed E-state index contributed by atoms with van der Waals surface area (Å²) in [4.78, 5) is 14.7. The van der Waals surface area contributed by atoms with Gasteiger partial charge in [0, 0.05) is 26.1 Å². The zero-order valence-electron chi connectivity index (χ0n) is 10.9. The monoisotopic (exact) mass is 253 g/mol. The Morgan fingerprint density at radius 1 is 1.44 bits per heavy atom. The van der Waals surface area contributed by atoms with E-state index in [9.17, 15) is 5.11 Å². The summed E-state index contributed by atoms with van der Waals surface area (Å²) in [6.45, 7) is 3.42. The van der Waals surface area contributed by atoms with E-state index < -0.39 is 0 Å². The minimum Gasteiger partial charge on any atom is -0.467 e. The van der Waals surface area contributed by atoms with Crippen LogP contribution >= 0.6 is 0 Å². The van der Waals surface area contributed by atoms with Crippen LogP contribution in [-0.4, -0.2) is 53.4 Å². The van der Waals surface area contributed by atoms with Crippen LogP contribution in [0.4, 0.5) is 11.9 Å². The van der Waals surface area contributed by atoms with Gasteiger partial charge in [-0.05, 0) is 13.3 Å². The maximum absolute atomic E-state index is 9.60. The van der Waals surface area contributed by atoms with Crippen LogP contribution in [0.25, 0.3) is 0 Å². The third-order valence-electron chi connectivity index (χ3n) is 3.20. The van der Waals surface area contributed by atoms with Crippen molar-refractivity contribution in [1.82, 2.24) is 15.0 Å². The van der Waals surface area contributed by atoms with Gasteiger partial charge in [0.15, 0.2) is 0 Å². The summed E-state index contributed by atoms with van der Waals surface area (Å²) in [5, 5.41) is 12.5. The molecule has 2 unspecified atom stereocenters. The molecule has 0 bridgehead atoms. The second-order valence-corrected chi connectivity index (χ2v) is 4.43. The number of aliphatic hydroxyl groups excluding tert-OH is 1. The summed E-state index contributed by atoms with van der Waals surface area (Å²) in [6.07, 6.45) is 0.642. The van der Waals surface area contributed by atoms with E-state index in [1.54, 1.807) is 7.05 Å². The summed E-state index contributed by atoms with van der Waals surface area (Å²) >= 11 is 0. The largest absolute Gasteiger partial charge is 0.467 e. The third kappa shape index (κ3) is 2.61. The number of aliphatic hydroxyl groups is 1. The highest BCUT2D eigenvalue weighted by molar-refractivity contribution is 5.39. The number of anilines is 2.